The highest BCUT2D eigenvalue weighted by molar-refractivity contribution is 9.11. The van der Waals surface area contributed by atoms with E-state index >= 15 is 0 Å². The zero-order valence-electron chi connectivity index (χ0n) is 13.7. The van der Waals surface area contributed by atoms with Crippen molar-refractivity contribution >= 4 is 43.7 Å². The number of hydrogen-bond donors (Lipinski definition) is 1. The van der Waals surface area contributed by atoms with Gasteiger partial charge in [-0.2, -0.15) is 0 Å². The highest BCUT2D eigenvalue weighted by Gasteiger charge is 2.24. The van der Waals surface area contributed by atoms with Gasteiger partial charge in [-0.05, 0) is 29.8 Å². The fourth-order valence-electron chi connectivity index (χ4n) is 2.35. The van der Waals surface area contributed by atoms with E-state index in [1.165, 1.54) is 7.11 Å². The van der Waals surface area contributed by atoms with Gasteiger partial charge in [0.25, 0.3) is 5.91 Å². The first kappa shape index (κ1) is 19.5. The van der Waals surface area contributed by atoms with E-state index < -0.39 is 12.0 Å². The summed E-state index contributed by atoms with van der Waals surface area (Å²) in [5.41, 5.74) is 1.23. The first-order valence-electron chi connectivity index (χ1n) is 7.41. The number of nitrogens with one attached hydrogen (secondary N) is 1. The van der Waals surface area contributed by atoms with Crippen molar-refractivity contribution in [3.8, 4) is 5.75 Å². The predicted molar refractivity (Wildman–Crippen MR) is 102 cm³/mol. The molecule has 5 nitrogen and oxygen atoms in total. The number of methoxy groups -OCH3 is 2. The third-order valence-corrected chi connectivity index (χ3v) is 4.45. The average Bonchev–Trinajstić information content (AvgIpc) is 2.60. The molecule has 0 aliphatic carbocycles. The van der Waals surface area contributed by atoms with E-state index in [2.05, 4.69) is 37.2 Å². The second kappa shape index (κ2) is 9.01. The minimum absolute atomic E-state index is 0.262. The summed E-state index contributed by atoms with van der Waals surface area (Å²) in [5, 5.41) is 2.73. The molecule has 1 amide bonds. The maximum Gasteiger partial charge on any atom is 0.328 e. The van der Waals surface area contributed by atoms with Crippen molar-refractivity contribution in [2.75, 3.05) is 14.2 Å². The molecule has 0 heterocycles. The molecule has 0 fully saturated rings. The molecule has 7 heteroatoms. The second-order valence-corrected chi connectivity index (χ2v) is 7.05. The van der Waals surface area contributed by atoms with Crippen LogP contribution in [0.4, 0.5) is 0 Å². The van der Waals surface area contributed by atoms with Crippen LogP contribution in [0.2, 0.25) is 0 Å². The number of para-hydroxylation sites is 1. The van der Waals surface area contributed by atoms with Gasteiger partial charge in [0, 0.05) is 20.9 Å². The van der Waals surface area contributed by atoms with E-state index in [0.29, 0.717) is 11.3 Å². The van der Waals surface area contributed by atoms with E-state index in [4.69, 9.17) is 9.47 Å². The number of amides is 1. The van der Waals surface area contributed by atoms with Crippen LogP contribution >= 0.6 is 31.9 Å². The Hall–Kier alpha value is -1.86. The lowest BCUT2D eigenvalue weighted by Gasteiger charge is -2.18. The molecule has 1 atom stereocenters. The molecule has 132 valence electrons. The van der Waals surface area contributed by atoms with Crippen LogP contribution in [0.25, 0.3) is 0 Å². The van der Waals surface area contributed by atoms with Crippen LogP contribution in [0.3, 0.4) is 0 Å². The standard InChI is InChI=1S/C18H17Br2NO4/c1-24-16-6-4-3-5-11(16)9-15(18(23)25-2)21-17(22)12-7-13(19)10-14(20)8-12/h3-8,10,15H,9H2,1-2H3,(H,21,22)/t15-/m1/s1. The molecule has 0 unspecified atom stereocenters. The molecule has 0 aliphatic heterocycles. The summed E-state index contributed by atoms with van der Waals surface area (Å²) in [6.45, 7) is 0. The number of benzene rings is 2. The van der Waals surface area contributed by atoms with Gasteiger partial charge in [-0.25, -0.2) is 4.79 Å². The molecule has 0 radical (unpaired) electrons. The van der Waals surface area contributed by atoms with Crippen LogP contribution in [0.1, 0.15) is 15.9 Å². The van der Waals surface area contributed by atoms with Gasteiger partial charge < -0.3 is 14.8 Å². The Morgan fingerprint density at radius 3 is 2.32 bits per heavy atom. The van der Waals surface area contributed by atoms with Crippen molar-refractivity contribution in [2.45, 2.75) is 12.5 Å². The molecule has 0 aromatic heterocycles. The first-order chi connectivity index (χ1) is 11.9. The molecule has 0 bridgehead atoms. The fraction of sp³-hybridized carbons (Fsp3) is 0.222. The number of esters is 1. The molecule has 2 rings (SSSR count). The maximum atomic E-state index is 12.5. The normalized spacial score (nSPS) is 11.5. The Morgan fingerprint density at radius 1 is 1.08 bits per heavy atom. The van der Waals surface area contributed by atoms with E-state index in [1.54, 1.807) is 25.3 Å². The monoisotopic (exact) mass is 469 g/mol. The van der Waals surface area contributed by atoms with Crippen LogP contribution in [0.15, 0.2) is 51.4 Å². The smallest absolute Gasteiger partial charge is 0.328 e. The van der Waals surface area contributed by atoms with Gasteiger partial charge in [0.2, 0.25) is 0 Å². The lowest BCUT2D eigenvalue weighted by atomic mass is 10.0. The van der Waals surface area contributed by atoms with E-state index in [9.17, 15) is 9.59 Å². The Kier molecular flexibility index (Phi) is 7.01. The van der Waals surface area contributed by atoms with Crippen molar-refractivity contribution in [2.24, 2.45) is 0 Å². The molecule has 0 aliphatic rings. The molecular formula is C18H17Br2NO4. The molecule has 0 saturated heterocycles. The van der Waals surface area contributed by atoms with Crippen molar-refractivity contribution in [1.82, 2.24) is 5.32 Å². The number of halogens is 2. The highest BCUT2D eigenvalue weighted by Crippen LogP contribution is 2.21. The van der Waals surface area contributed by atoms with Crippen LogP contribution in [-0.4, -0.2) is 32.1 Å². The van der Waals surface area contributed by atoms with Crippen LogP contribution in [-0.2, 0) is 16.0 Å². The maximum absolute atomic E-state index is 12.5. The van der Waals surface area contributed by atoms with Gasteiger partial charge in [0.15, 0.2) is 0 Å². The lowest BCUT2D eigenvalue weighted by molar-refractivity contribution is -0.142. The van der Waals surface area contributed by atoms with Gasteiger partial charge in [-0.1, -0.05) is 50.1 Å². The molecule has 25 heavy (non-hydrogen) atoms. The predicted octanol–water partition coefficient (Wildman–Crippen LogP) is 3.73. The summed E-state index contributed by atoms with van der Waals surface area (Å²) in [6.07, 6.45) is 0.262. The second-order valence-electron chi connectivity index (χ2n) is 5.22. The topological polar surface area (TPSA) is 64.6 Å². The summed E-state index contributed by atoms with van der Waals surface area (Å²) in [4.78, 5) is 24.7. The summed E-state index contributed by atoms with van der Waals surface area (Å²) in [6, 6.07) is 11.7. The minimum Gasteiger partial charge on any atom is -0.496 e. The summed E-state index contributed by atoms with van der Waals surface area (Å²) < 4.78 is 11.6. The molecule has 1 N–H and O–H groups in total. The van der Waals surface area contributed by atoms with Gasteiger partial charge in [-0.3, -0.25) is 4.79 Å². The van der Waals surface area contributed by atoms with Gasteiger partial charge in [0.1, 0.15) is 11.8 Å². The van der Waals surface area contributed by atoms with Crippen molar-refractivity contribution in [1.29, 1.82) is 0 Å². The molecule has 0 saturated carbocycles. The molecule has 2 aromatic rings. The van der Waals surface area contributed by atoms with Crippen molar-refractivity contribution in [3.63, 3.8) is 0 Å². The molecule has 2 aromatic carbocycles. The Bertz CT molecular complexity index is 759. The number of ether oxygens (including phenoxy) is 2. The fourth-order valence-corrected chi connectivity index (χ4v) is 3.65. The zero-order valence-corrected chi connectivity index (χ0v) is 16.9. The summed E-state index contributed by atoms with van der Waals surface area (Å²) >= 11 is 6.69. The van der Waals surface area contributed by atoms with Crippen molar-refractivity contribution < 1.29 is 19.1 Å². The molecular weight excluding hydrogens is 454 g/mol. The largest absolute Gasteiger partial charge is 0.496 e. The highest BCUT2D eigenvalue weighted by atomic mass is 79.9. The van der Waals surface area contributed by atoms with Crippen LogP contribution in [0, 0.1) is 0 Å². The number of carbonyl (C=O) groups excluding carboxylic acids is 2. The quantitative estimate of drug-likeness (QED) is 0.653. The van der Waals surface area contributed by atoms with Crippen LogP contribution in [0.5, 0.6) is 5.75 Å². The minimum atomic E-state index is -0.827. The summed E-state index contributed by atoms with van der Waals surface area (Å²) in [5.74, 6) is -0.239. The average molecular weight is 471 g/mol. The van der Waals surface area contributed by atoms with Crippen molar-refractivity contribution in [3.05, 3.63) is 62.5 Å². The van der Waals surface area contributed by atoms with Gasteiger partial charge >= 0.3 is 5.97 Å². The molecule has 0 spiro atoms. The van der Waals surface area contributed by atoms with Crippen LogP contribution < -0.4 is 10.1 Å². The van der Waals surface area contributed by atoms with E-state index in [-0.39, 0.29) is 12.3 Å². The number of hydrogen-bond acceptors (Lipinski definition) is 4. The Balaban J connectivity index is 2.23. The lowest BCUT2D eigenvalue weighted by Crippen LogP contribution is -2.43. The SMILES string of the molecule is COC(=O)[C@@H](Cc1ccccc1OC)NC(=O)c1cc(Br)cc(Br)c1. The summed E-state index contributed by atoms with van der Waals surface area (Å²) in [7, 11) is 2.85. The Morgan fingerprint density at radius 2 is 1.72 bits per heavy atom. The van der Waals surface area contributed by atoms with Gasteiger partial charge in [0.05, 0.1) is 14.2 Å². The van der Waals surface area contributed by atoms with E-state index in [1.807, 2.05) is 24.3 Å². The van der Waals surface area contributed by atoms with Gasteiger partial charge in [-0.15, -0.1) is 0 Å². The van der Waals surface area contributed by atoms with E-state index in [0.717, 1.165) is 14.5 Å². The number of carbonyl (C=O) groups is 2. The first-order valence-corrected chi connectivity index (χ1v) is 9.00. The Labute approximate surface area is 163 Å². The zero-order chi connectivity index (χ0) is 18.4. The third-order valence-electron chi connectivity index (χ3n) is 3.53. The number of rotatable bonds is 6. The third kappa shape index (κ3) is 5.31.